The molecule has 0 spiro atoms. The summed E-state index contributed by atoms with van der Waals surface area (Å²) < 4.78 is 13.1. The van der Waals surface area contributed by atoms with Crippen molar-refractivity contribution in [3.63, 3.8) is 0 Å². The molecule has 1 aromatic heterocycles. The first-order valence-corrected chi connectivity index (χ1v) is 10.1. The fraction of sp³-hybridized carbons (Fsp3) is 0.292. The van der Waals surface area contributed by atoms with E-state index in [-0.39, 0.29) is 5.82 Å². The number of anilines is 2. The second-order valence-electron chi connectivity index (χ2n) is 7.57. The zero-order valence-electron chi connectivity index (χ0n) is 16.8. The highest BCUT2D eigenvalue weighted by atomic mass is 19.1. The molecule has 0 radical (unpaired) electrons. The normalized spacial score (nSPS) is 14.3. The van der Waals surface area contributed by atoms with Crippen LogP contribution in [0.15, 0.2) is 66.9 Å². The predicted octanol–water partition coefficient (Wildman–Crippen LogP) is 4.15. The molecule has 29 heavy (non-hydrogen) atoms. The second-order valence-corrected chi connectivity index (χ2v) is 7.57. The van der Waals surface area contributed by atoms with Crippen molar-refractivity contribution in [3.05, 3.63) is 89.4 Å². The van der Waals surface area contributed by atoms with Crippen LogP contribution < -0.4 is 15.1 Å². The van der Waals surface area contributed by atoms with Gasteiger partial charge in [0, 0.05) is 51.2 Å². The van der Waals surface area contributed by atoms with Crippen LogP contribution in [0, 0.1) is 12.7 Å². The summed E-state index contributed by atoms with van der Waals surface area (Å²) in [4.78, 5) is 9.20. The van der Waals surface area contributed by atoms with Crippen molar-refractivity contribution >= 4 is 11.5 Å². The maximum Gasteiger partial charge on any atom is 0.128 e. The number of nitrogens with one attached hydrogen (secondary N) is 1. The Kier molecular flexibility index (Phi) is 6.06. The monoisotopic (exact) mass is 390 g/mol. The molecule has 1 N–H and O–H groups in total. The molecule has 2 heterocycles. The molecule has 0 atom stereocenters. The highest BCUT2D eigenvalue weighted by molar-refractivity contribution is 5.49. The van der Waals surface area contributed by atoms with E-state index in [2.05, 4.69) is 63.4 Å². The van der Waals surface area contributed by atoms with Gasteiger partial charge in [-0.15, -0.1) is 0 Å². The summed E-state index contributed by atoms with van der Waals surface area (Å²) in [6.07, 6.45) is 1.89. The van der Waals surface area contributed by atoms with Crippen molar-refractivity contribution in [2.24, 2.45) is 0 Å². The Morgan fingerprint density at radius 1 is 0.862 bits per heavy atom. The minimum atomic E-state index is -0.190. The third-order valence-corrected chi connectivity index (χ3v) is 5.35. The number of rotatable bonds is 6. The van der Waals surface area contributed by atoms with Crippen LogP contribution in [-0.2, 0) is 13.1 Å². The molecule has 4 rings (SSSR count). The topological polar surface area (TPSA) is 31.4 Å². The first kappa shape index (κ1) is 19.4. The Hall–Kier alpha value is -2.92. The first-order valence-electron chi connectivity index (χ1n) is 10.1. The summed E-state index contributed by atoms with van der Waals surface area (Å²) in [5.74, 6) is 0.836. The fourth-order valence-corrected chi connectivity index (χ4v) is 3.76. The predicted molar refractivity (Wildman–Crippen MR) is 117 cm³/mol. The lowest BCUT2D eigenvalue weighted by molar-refractivity contribution is 0.624. The highest BCUT2D eigenvalue weighted by Gasteiger charge is 2.18. The molecule has 0 aliphatic carbocycles. The quantitative estimate of drug-likeness (QED) is 0.685. The van der Waals surface area contributed by atoms with Crippen LogP contribution >= 0.6 is 0 Å². The van der Waals surface area contributed by atoms with Crippen LogP contribution in [0.4, 0.5) is 15.9 Å². The van der Waals surface area contributed by atoms with Gasteiger partial charge in [0.15, 0.2) is 0 Å². The zero-order valence-corrected chi connectivity index (χ0v) is 16.8. The van der Waals surface area contributed by atoms with E-state index in [0.29, 0.717) is 0 Å². The van der Waals surface area contributed by atoms with E-state index in [1.165, 1.54) is 28.8 Å². The van der Waals surface area contributed by atoms with Gasteiger partial charge >= 0.3 is 0 Å². The zero-order chi connectivity index (χ0) is 20.1. The lowest BCUT2D eigenvalue weighted by atomic mass is 10.1. The molecule has 1 saturated heterocycles. The summed E-state index contributed by atoms with van der Waals surface area (Å²) in [5, 5.41) is 3.52. The van der Waals surface area contributed by atoms with Crippen LogP contribution in [0.1, 0.15) is 16.7 Å². The highest BCUT2D eigenvalue weighted by Crippen LogP contribution is 2.20. The van der Waals surface area contributed by atoms with E-state index in [1.54, 1.807) is 0 Å². The van der Waals surface area contributed by atoms with Crippen LogP contribution in [0.5, 0.6) is 0 Å². The van der Waals surface area contributed by atoms with E-state index in [1.807, 2.05) is 18.3 Å². The van der Waals surface area contributed by atoms with Gasteiger partial charge in [-0.25, -0.2) is 9.37 Å². The summed E-state index contributed by atoms with van der Waals surface area (Å²) in [6.45, 7) is 7.42. The van der Waals surface area contributed by atoms with Gasteiger partial charge in [0.05, 0.1) is 0 Å². The van der Waals surface area contributed by atoms with Gasteiger partial charge in [-0.05, 0) is 54.4 Å². The van der Waals surface area contributed by atoms with Gasteiger partial charge in [0.2, 0.25) is 0 Å². The van der Waals surface area contributed by atoms with Crippen LogP contribution in [0.3, 0.4) is 0 Å². The number of hydrogen-bond acceptors (Lipinski definition) is 4. The van der Waals surface area contributed by atoms with Crippen LogP contribution in [0.2, 0.25) is 0 Å². The lowest BCUT2D eigenvalue weighted by Gasteiger charge is -2.36. The standard InChI is InChI=1S/C24H27FN4/c1-19-3-2-4-20(15-19)17-26-18-21-9-10-27-24(16-21)29-13-11-28(12-14-29)23-7-5-22(25)6-8-23/h2-10,15-16,26H,11-14,17-18H2,1H3. The molecule has 1 fully saturated rings. The molecule has 0 bridgehead atoms. The maximum atomic E-state index is 13.1. The number of piperazine rings is 1. The minimum absolute atomic E-state index is 0.190. The molecule has 150 valence electrons. The van der Waals surface area contributed by atoms with Gasteiger partial charge in [0.25, 0.3) is 0 Å². The molecule has 5 heteroatoms. The fourth-order valence-electron chi connectivity index (χ4n) is 3.76. The second kappa shape index (κ2) is 9.05. The maximum absolute atomic E-state index is 13.1. The Labute approximate surface area is 172 Å². The minimum Gasteiger partial charge on any atom is -0.368 e. The molecule has 0 unspecified atom stereocenters. The number of aryl methyl sites for hydroxylation is 1. The Balaban J connectivity index is 1.31. The van der Waals surface area contributed by atoms with Crippen LogP contribution in [-0.4, -0.2) is 31.2 Å². The lowest BCUT2D eigenvalue weighted by Crippen LogP contribution is -2.46. The molecular formula is C24H27FN4. The Bertz CT molecular complexity index is 934. The van der Waals surface area contributed by atoms with Gasteiger partial charge in [-0.3, -0.25) is 0 Å². The molecule has 1 aliphatic rings. The van der Waals surface area contributed by atoms with E-state index in [0.717, 1.165) is 50.8 Å². The van der Waals surface area contributed by atoms with Crippen molar-refractivity contribution in [1.82, 2.24) is 10.3 Å². The van der Waals surface area contributed by atoms with Crippen molar-refractivity contribution in [3.8, 4) is 0 Å². The van der Waals surface area contributed by atoms with Crippen molar-refractivity contribution < 1.29 is 4.39 Å². The molecular weight excluding hydrogens is 363 g/mol. The third-order valence-electron chi connectivity index (χ3n) is 5.35. The smallest absolute Gasteiger partial charge is 0.128 e. The van der Waals surface area contributed by atoms with Crippen molar-refractivity contribution in [2.75, 3.05) is 36.0 Å². The number of nitrogens with zero attached hydrogens (tertiary/aromatic N) is 3. The third kappa shape index (κ3) is 5.12. The molecule has 0 saturated carbocycles. The van der Waals surface area contributed by atoms with Crippen molar-refractivity contribution in [2.45, 2.75) is 20.0 Å². The van der Waals surface area contributed by atoms with Crippen LogP contribution in [0.25, 0.3) is 0 Å². The Morgan fingerprint density at radius 2 is 1.55 bits per heavy atom. The average molecular weight is 391 g/mol. The Morgan fingerprint density at radius 3 is 2.28 bits per heavy atom. The van der Waals surface area contributed by atoms with E-state index in [9.17, 15) is 4.39 Å². The summed E-state index contributed by atoms with van der Waals surface area (Å²) in [5.41, 5.74) is 4.91. The number of benzene rings is 2. The summed E-state index contributed by atoms with van der Waals surface area (Å²) in [6, 6.07) is 19.6. The summed E-state index contributed by atoms with van der Waals surface area (Å²) in [7, 11) is 0. The van der Waals surface area contributed by atoms with E-state index >= 15 is 0 Å². The molecule has 4 nitrogen and oxygen atoms in total. The van der Waals surface area contributed by atoms with Gasteiger partial charge < -0.3 is 15.1 Å². The number of hydrogen-bond donors (Lipinski definition) is 1. The van der Waals surface area contributed by atoms with E-state index < -0.39 is 0 Å². The molecule has 3 aromatic rings. The molecule has 2 aromatic carbocycles. The SMILES string of the molecule is Cc1cccc(CNCc2ccnc(N3CCN(c4ccc(F)cc4)CC3)c2)c1. The van der Waals surface area contributed by atoms with Gasteiger partial charge in [-0.2, -0.15) is 0 Å². The van der Waals surface area contributed by atoms with Gasteiger partial charge in [0.1, 0.15) is 11.6 Å². The number of halogens is 1. The van der Waals surface area contributed by atoms with Crippen molar-refractivity contribution in [1.29, 1.82) is 0 Å². The molecule has 1 aliphatic heterocycles. The number of pyridine rings is 1. The largest absolute Gasteiger partial charge is 0.368 e. The van der Waals surface area contributed by atoms with Gasteiger partial charge in [-0.1, -0.05) is 29.8 Å². The molecule has 0 amide bonds. The summed E-state index contributed by atoms with van der Waals surface area (Å²) >= 11 is 0. The number of aromatic nitrogens is 1. The first-order chi connectivity index (χ1) is 14.2. The van der Waals surface area contributed by atoms with E-state index in [4.69, 9.17) is 0 Å². The average Bonchev–Trinajstić information content (AvgIpc) is 2.75.